The maximum absolute atomic E-state index is 12.5. The van der Waals surface area contributed by atoms with E-state index in [4.69, 9.17) is 4.74 Å². The molecule has 152 valence electrons. The van der Waals surface area contributed by atoms with Crippen LogP contribution in [0.4, 0.5) is 0 Å². The molecule has 1 heterocycles. The van der Waals surface area contributed by atoms with Gasteiger partial charge in [-0.15, -0.1) is 24.0 Å². The van der Waals surface area contributed by atoms with Gasteiger partial charge in [0.2, 0.25) is 5.91 Å². The van der Waals surface area contributed by atoms with Crippen molar-refractivity contribution in [2.24, 2.45) is 10.9 Å². The molecule has 0 bridgehead atoms. The summed E-state index contributed by atoms with van der Waals surface area (Å²) in [5.74, 6) is 1.38. The molecule has 27 heavy (non-hydrogen) atoms. The number of rotatable bonds is 8. The minimum absolute atomic E-state index is 0. The summed E-state index contributed by atoms with van der Waals surface area (Å²) >= 11 is 0. The van der Waals surface area contributed by atoms with Gasteiger partial charge in [-0.1, -0.05) is 38.1 Å². The molecule has 0 aromatic heterocycles. The van der Waals surface area contributed by atoms with Gasteiger partial charge in [-0.3, -0.25) is 9.79 Å². The maximum Gasteiger partial charge on any atom is 0.242 e. The van der Waals surface area contributed by atoms with E-state index in [9.17, 15) is 4.79 Å². The average molecular weight is 488 g/mol. The minimum atomic E-state index is 0. The summed E-state index contributed by atoms with van der Waals surface area (Å²) in [6.07, 6.45) is 1.99. The molecule has 0 radical (unpaired) electrons. The number of fused-ring (bicyclic) bond motifs is 1. The molecule has 6 nitrogen and oxygen atoms in total. The van der Waals surface area contributed by atoms with Gasteiger partial charge < -0.3 is 20.3 Å². The molecule has 0 fully saturated rings. The lowest BCUT2D eigenvalue weighted by Gasteiger charge is -2.29. The predicted octanol–water partition coefficient (Wildman–Crippen LogP) is 2.42. The first-order chi connectivity index (χ1) is 12.6. The highest BCUT2D eigenvalue weighted by atomic mass is 127. The fourth-order valence-corrected chi connectivity index (χ4v) is 2.86. The van der Waals surface area contributed by atoms with E-state index in [0.29, 0.717) is 31.6 Å². The smallest absolute Gasteiger partial charge is 0.242 e. The van der Waals surface area contributed by atoms with Crippen LogP contribution in [0.1, 0.15) is 31.4 Å². The van der Waals surface area contributed by atoms with Crippen LogP contribution in [0.25, 0.3) is 0 Å². The van der Waals surface area contributed by atoms with Gasteiger partial charge in [-0.25, -0.2) is 0 Å². The average Bonchev–Trinajstić information content (AvgIpc) is 2.66. The molecule has 1 amide bonds. The molecule has 0 saturated heterocycles. The van der Waals surface area contributed by atoms with E-state index in [0.717, 1.165) is 26.0 Å². The molecule has 1 aliphatic heterocycles. The first kappa shape index (κ1) is 23.7. The van der Waals surface area contributed by atoms with Gasteiger partial charge in [0.1, 0.15) is 0 Å². The highest BCUT2D eigenvalue weighted by Crippen LogP contribution is 2.18. The number of benzene rings is 1. The number of nitrogens with one attached hydrogen (secondary N) is 2. The van der Waals surface area contributed by atoms with Crippen LogP contribution in [0.15, 0.2) is 29.3 Å². The van der Waals surface area contributed by atoms with Gasteiger partial charge >= 0.3 is 0 Å². The molecule has 1 aromatic rings. The lowest BCUT2D eigenvalue weighted by Crippen LogP contribution is -2.46. The van der Waals surface area contributed by atoms with E-state index in [1.807, 2.05) is 11.0 Å². The fourth-order valence-electron chi connectivity index (χ4n) is 2.86. The van der Waals surface area contributed by atoms with Gasteiger partial charge in [-0.05, 0) is 29.9 Å². The first-order valence-electron chi connectivity index (χ1n) is 9.47. The second-order valence-corrected chi connectivity index (χ2v) is 6.98. The number of nitrogens with zero attached hydrogens (tertiary/aromatic N) is 2. The van der Waals surface area contributed by atoms with Gasteiger partial charge in [0, 0.05) is 33.3 Å². The molecule has 0 saturated carbocycles. The number of hydrogen-bond acceptors (Lipinski definition) is 3. The van der Waals surface area contributed by atoms with Crippen molar-refractivity contribution >= 4 is 35.8 Å². The van der Waals surface area contributed by atoms with E-state index >= 15 is 0 Å². The summed E-state index contributed by atoms with van der Waals surface area (Å²) in [5, 5.41) is 6.27. The number of amides is 1. The lowest BCUT2D eigenvalue weighted by molar-refractivity contribution is -0.130. The fraction of sp³-hybridized carbons (Fsp3) is 0.600. The summed E-state index contributed by atoms with van der Waals surface area (Å²) < 4.78 is 5.57. The molecule has 7 heteroatoms. The number of aliphatic imine (C=N–C) groups is 1. The SMILES string of the molecule is CN=C(NCCOCCC(C)C)NCC(=O)N1CCc2ccccc2C1.I. The third kappa shape index (κ3) is 8.47. The Morgan fingerprint density at radius 1 is 1.22 bits per heavy atom. The minimum Gasteiger partial charge on any atom is -0.380 e. The highest BCUT2D eigenvalue weighted by Gasteiger charge is 2.20. The summed E-state index contributed by atoms with van der Waals surface area (Å²) in [6, 6.07) is 8.33. The van der Waals surface area contributed by atoms with E-state index in [-0.39, 0.29) is 36.4 Å². The van der Waals surface area contributed by atoms with Crippen LogP contribution in [0.3, 0.4) is 0 Å². The number of carbonyl (C=O) groups excluding carboxylic acids is 1. The normalized spacial score (nSPS) is 13.8. The summed E-state index contributed by atoms with van der Waals surface area (Å²) in [4.78, 5) is 18.5. The number of hydrogen-bond donors (Lipinski definition) is 2. The van der Waals surface area contributed by atoms with E-state index in [1.165, 1.54) is 11.1 Å². The van der Waals surface area contributed by atoms with Crippen LogP contribution in [0.5, 0.6) is 0 Å². The number of halogens is 1. The molecule has 0 spiro atoms. The molecular formula is C20H33IN4O2. The quantitative estimate of drug-likeness (QED) is 0.255. The molecule has 0 aliphatic carbocycles. The van der Waals surface area contributed by atoms with Crippen LogP contribution < -0.4 is 10.6 Å². The van der Waals surface area contributed by atoms with Crippen molar-refractivity contribution < 1.29 is 9.53 Å². The predicted molar refractivity (Wildman–Crippen MR) is 121 cm³/mol. The van der Waals surface area contributed by atoms with Crippen molar-refractivity contribution in [2.75, 3.05) is 39.9 Å². The monoisotopic (exact) mass is 488 g/mol. The zero-order valence-electron chi connectivity index (χ0n) is 16.7. The number of ether oxygens (including phenoxy) is 1. The molecule has 2 rings (SSSR count). The topological polar surface area (TPSA) is 66.0 Å². The van der Waals surface area contributed by atoms with Crippen LogP contribution in [0.2, 0.25) is 0 Å². The number of carbonyl (C=O) groups is 1. The molecular weight excluding hydrogens is 455 g/mol. The Labute approximate surface area is 180 Å². The third-order valence-corrected chi connectivity index (χ3v) is 4.49. The lowest BCUT2D eigenvalue weighted by atomic mass is 10.00. The van der Waals surface area contributed by atoms with E-state index in [2.05, 4.69) is 47.7 Å². The number of guanidine groups is 1. The standard InChI is InChI=1S/C20H32N4O2.HI/c1-16(2)9-12-26-13-10-22-20(21-3)23-14-19(25)24-11-8-17-6-4-5-7-18(17)15-24;/h4-7,16H,8-15H2,1-3H3,(H2,21,22,23);1H. The van der Waals surface area contributed by atoms with Gasteiger partial charge in [0.25, 0.3) is 0 Å². The second kappa shape index (κ2) is 12.9. The zero-order chi connectivity index (χ0) is 18.8. The Morgan fingerprint density at radius 3 is 2.67 bits per heavy atom. The third-order valence-electron chi connectivity index (χ3n) is 4.49. The van der Waals surface area contributed by atoms with Crippen LogP contribution >= 0.6 is 24.0 Å². The van der Waals surface area contributed by atoms with E-state index < -0.39 is 0 Å². The highest BCUT2D eigenvalue weighted by molar-refractivity contribution is 14.0. The Bertz CT molecular complexity index is 607. The van der Waals surface area contributed by atoms with Crippen molar-refractivity contribution in [1.29, 1.82) is 0 Å². The molecule has 0 atom stereocenters. The molecule has 0 unspecified atom stereocenters. The van der Waals surface area contributed by atoms with Crippen molar-refractivity contribution in [3.63, 3.8) is 0 Å². The zero-order valence-corrected chi connectivity index (χ0v) is 19.0. The maximum atomic E-state index is 12.5. The van der Waals surface area contributed by atoms with Crippen LogP contribution in [-0.4, -0.2) is 56.7 Å². The van der Waals surface area contributed by atoms with E-state index in [1.54, 1.807) is 7.05 Å². The van der Waals surface area contributed by atoms with Crippen LogP contribution in [0, 0.1) is 5.92 Å². The summed E-state index contributed by atoms with van der Waals surface area (Å²) in [5.41, 5.74) is 2.59. The Balaban J connectivity index is 0.00000364. The largest absolute Gasteiger partial charge is 0.380 e. The van der Waals surface area contributed by atoms with Crippen molar-refractivity contribution in [3.05, 3.63) is 35.4 Å². The van der Waals surface area contributed by atoms with Gasteiger partial charge in [0.15, 0.2) is 5.96 Å². The van der Waals surface area contributed by atoms with Crippen molar-refractivity contribution in [3.8, 4) is 0 Å². The summed E-state index contributed by atoms with van der Waals surface area (Å²) in [7, 11) is 1.70. The van der Waals surface area contributed by atoms with Crippen LogP contribution in [-0.2, 0) is 22.5 Å². The Kier molecular flexibility index (Phi) is 11.3. The summed E-state index contributed by atoms with van der Waals surface area (Å²) in [6.45, 7) is 8.15. The Hall–Kier alpha value is -1.35. The van der Waals surface area contributed by atoms with Crippen molar-refractivity contribution in [2.45, 2.75) is 33.2 Å². The van der Waals surface area contributed by atoms with Crippen molar-refractivity contribution in [1.82, 2.24) is 15.5 Å². The first-order valence-corrected chi connectivity index (χ1v) is 9.47. The molecule has 1 aromatic carbocycles. The molecule has 2 N–H and O–H groups in total. The Morgan fingerprint density at radius 2 is 1.96 bits per heavy atom. The molecule has 1 aliphatic rings. The van der Waals surface area contributed by atoms with Gasteiger partial charge in [0.05, 0.1) is 13.2 Å². The van der Waals surface area contributed by atoms with Gasteiger partial charge in [-0.2, -0.15) is 0 Å². The second-order valence-electron chi connectivity index (χ2n) is 6.98.